The van der Waals surface area contributed by atoms with Crippen LogP contribution in [-0.2, 0) is 0 Å². The van der Waals surface area contributed by atoms with Crippen LogP contribution in [0.1, 0.15) is 0 Å². The van der Waals surface area contributed by atoms with Gasteiger partial charge in [-0.15, -0.1) is 22.7 Å². The Labute approximate surface area is 336 Å². The Morgan fingerprint density at radius 1 is 0.351 bits per heavy atom. The van der Waals surface area contributed by atoms with Gasteiger partial charge in [0.1, 0.15) is 11.2 Å². The third-order valence-corrected chi connectivity index (χ3v) is 13.6. The number of rotatable bonds is 6. The Hall–Kier alpha value is -6.92. The smallest absolute Gasteiger partial charge is 0.137 e. The molecule has 0 bridgehead atoms. The summed E-state index contributed by atoms with van der Waals surface area (Å²) in [5, 5.41) is 9.62. The normalized spacial score (nSPS) is 11.9. The van der Waals surface area contributed by atoms with Gasteiger partial charge in [-0.25, -0.2) is 0 Å². The minimum Gasteiger partial charge on any atom is -0.456 e. The lowest BCUT2D eigenvalue weighted by atomic mass is 10.00. The minimum atomic E-state index is 0.844. The lowest BCUT2D eigenvalue weighted by Gasteiger charge is -2.34. The number of nitrogens with zero attached hydrogens (tertiary/aromatic N) is 2. The van der Waals surface area contributed by atoms with Crippen LogP contribution in [0, 0.1) is 0 Å². The predicted molar refractivity (Wildman–Crippen MR) is 246 cm³/mol. The number of anilines is 6. The van der Waals surface area contributed by atoms with Crippen molar-refractivity contribution in [2.24, 2.45) is 0 Å². The zero-order valence-corrected chi connectivity index (χ0v) is 32.2. The van der Waals surface area contributed by atoms with E-state index in [1.807, 2.05) is 22.7 Å². The Morgan fingerprint density at radius 3 is 1.74 bits per heavy atom. The van der Waals surface area contributed by atoms with Gasteiger partial charge in [0.05, 0.1) is 27.1 Å². The summed E-state index contributed by atoms with van der Waals surface area (Å²) in [5.74, 6) is 0. The molecular weight excluding hydrogens is 733 g/mol. The average Bonchev–Trinajstić information content (AvgIpc) is 3.97. The number of furan rings is 1. The van der Waals surface area contributed by atoms with Gasteiger partial charge >= 0.3 is 0 Å². The Kier molecular flexibility index (Phi) is 7.27. The summed E-state index contributed by atoms with van der Waals surface area (Å²) in [7, 11) is 0. The molecule has 5 heteroatoms. The molecule has 3 aromatic heterocycles. The molecule has 0 aliphatic rings. The first-order chi connectivity index (χ1) is 28.3. The zero-order valence-electron chi connectivity index (χ0n) is 30.6. The molecule has 0 unspecified atom stereocenters. The van der Waals surface area contributed by atoms with Crippen LogP contribution in [0.5, 0.6) is 0 Å². The van der Waals surface area contributed by atoms with E-state index in [1.165, 1.54) is 45.7 Å². The molecule has 0 amide bonds. The summed E-state index contributed by atoms with van der Waals surface area (Å²) < 4.78 is 11.9. The Bertz CT molecular complexity index is 3490. The summed E-state index contributed by atoms with van der Waals surface area (Å²) >= 11 is 3.70. The largest absolute Gasteiger partial charge is 0.456 e. The highest BCUT2D eigenvalue weighted by molar-refractivity contribution is 7.26. The van der Waals surface area contributed by atoms with Crippen molar-refractivity contribution in [2.75, 3.05) is 9.80 Å². The van der Waals surface area contributed by atoms with E-state index in [1.54, 1.807) is 0 Å². The van der Waals surface area contributed by atoms with Crippen LogP contribution >= 0.6 is 22.7 Å². The van der Waals surface area contributed by atoms with Gasteiger partial charge in [0.25, 0.3) is 0 Å². The molecule has 0 N–H and O–H groups in total. The molecule has 0 saturated carbocycles. The first kappa shape index (κ1) is 32.3. The maximum Gasteiger partial charge on any atom is 0.137 e. The van der Waals surface area contributed by atoms with Gasteiger partial charge in [0.15, 0.2) is 0 Å². The van der Waals surface area contributed by atoms with Crippen LogP contribution in [0.4, 0.5) is 34.1 Å². The summed E-state index contributed by atoms with van der Waals surface area (Å²) in [6.45, 7) is 0. The van der Waals surface area contributed by atoms with E-state index < -0.39 is 0 Å². The van der Waals surface area contributed by atoms with Crippen molar-refractivity contribution in [3.05, 3.63) is 194 Å². The highest BCUT2D eigenvalue weighted by atomic mass is 32.1. The van der Waals surface area contributed by atoms with Crippen molar-refractivity contribution in [1.82, 2.24) is 0 Å². The molecule has 0 spiro atoms. The van der Waals surface area contributed by atoms with Gasteiger partial charge < -0.3 is 14.2 Å². The van der Waals surface area contributed by atoms with E-state index in [0.717, 1.165) is 61.4 Å². The van der Waals surface area contributed by atoms with Gasteiger partial charge in [-0.05, 0) is 83.6 Å². The van der Waals surface area contributed by atoms with Gasteiger partial charge in [0, 0.05) is 58.1 Å². The molecule has 9 aromatic carbocycles. The lowest BCUT2D eigenvalue weighted by Crippen LogP contribution is -2.17. The van der Waals surface area contributed by atoms with Gasteiger partial charge in [-0.1, -0.05) is 121 Å². The Balaban J connectivity index is 1.25. The number of para-hydroxylation sites is 2. The molecule has 0 radical (unpaired) electrons. The standard InChI is InChI=1S/C52H32N2OS2/c1-3-15-34(16-4-1)53(36-27-28-40-38-20-9-11-24-46(38)56-48(40)32-36)51-42(29-31-45-50(51)49-37-19-8-7-14-33(37)26-30-44(49)55-45)54(35-17-5-2-6-18-35)43-23-13-22-41-39-21-10-12-25-47(39)57-52(41)43/h1-32H. The van der Waals surface area contributed by atoms with Crippen LogP contribution in [-0.4, -0.2) is 0 Å². The van der Waals surface area contributed by atoms with Crippen LogP contribution in [0.25, 0.3) is 73.1 Å². The number of benzene rings is 9. The highest BCUT2D eigenvalue weighted by Gasteiger charge is 2.29. The third-order valence-electron chi connectivity index (χ3n) is 11.2. The highest BCUT2D eigenvalue weighted by Crippen LogP contribution is 2.54. The Morgan fingerprint density at radius 2 is 0.947 bits per heavy atom. The van der Waals surface area contributed by atoms with Crippen molar-refractivity contribution in [3.8, 4) is 0 Å². The van der Waals surface area contributed by atoms with E-state index in [-0.39, 0.29) is 0 Å². The number of thiophene rings is 2. The molecule has 0 aliphatic heterocycles. The fourth-order valence-electron chi connectivity index (χ4n) is 8.74. The fourth-order valence-corrected chi connectivity index (χ4v) is 11.1. The van der Waals surface area contributed by atoms with Crippen LogP contribution in [0.15, 0.2) is 199 Å². The zero-order chi connectivity index (χ0) is 37.5. The number of hydrogen-bond donors (Lipinski definition) is 0. The molecule has 3 nitrogen and oxygen atoms in total. The van der Waals surface area contributed by atoms with Crippen LogP contribution in [0.2, 0.25) is 0 Å². The van der Waals surface area contributed by atoms with Gasteiger partial charge in [-0.3, -0.25) is 0 Å². The molecule has 0 fully saturated rings. The molecule has 268 valence electrons. The van der Waals surface area contributed by atoms with E-state index in [4.69, 9.17) is 4.42 Å². The molecule has 0 saturated heterocycles. The summed E-state index contributed by atoms with van der Waals surface area (Å²) in [6, 6.07) is 70.2. The molecular formula is C52H32N2OS2. The molecule has 3 heterocycles. The van der Waals surface area contributed by atoms with Gasteiger partial charge in [-0.2, -0.15) is 0 Å². The second kappa shape index (κ2) is 12.8. The number of fused-ring (bicyclic) bond motifs is 11. The van der Waals surface area contributed by atoms with E-state index in [9.17, 15) is 0 Å². The van der Waals surface area contributed by atoms with Crippen molar-refractivity contribution >= 4 is 130 Å². The van der Waals surface area contributed by atoms with Crippen molar-refractivity contribution in [3.63, 3.8) is 0 Å². The molecule has 12 rings (SSSR count). The molecule has 12 aromatic rings. The summed E-state index contributed by atoms with van der Waals surface area (Å²) in [4.78, 5) is 4.92. The van der Waals surface area contributed by atoms with Crippen molar-refractivity contribution < 1.29 is 4.42 Å². The predicted octanol–water partition coefficient (Wildman–Crippen LogP) is 16.4. The van der Waals surface area contributed by atoms with Crippen molar-refractivity contribution in [1.29, 1.82) is 0 Å². The van der Waals surface area contributed by atoms with Crippen LogP contribution in [0.3, 0.4) is 0 Å². The SMILES string of the molecule is c1ccc(N(c2ccc3oc4ccc5ccccc5c4c3c2N(c2ccccc2)c2ccc3c(c2)sc2ccccc23)c2cccc3c2sc2ccccc23)cc1. The topological polar surface area (TPSA) is 19.6 Å². The van der Waals surface area contributed by atoms with Gasteiger partial charge in [0.2, 0.25) is 0 Å². The van der Waals surface area contributed by atoms with Crippen LogP contribution < -0.4 is 9.80 Å². The second-order valence-electron chi connectivity index (χ2n) is 14.4. The average molecular weight is 765 g/mol. The summed E-state index contributed by atoms with van der Waals surface area (Å²) in [6.07, 6.45) is 0. The van der Waals surface area contributed by atoms with Crippen molar-refractivity contribution in [2.45, 2.75) is 0 Å². The fraction of sp³-hybridized carbons (Fsp3) is 0. The maximum atomic E-state index is 6.85. The quantitative estimate of drug-likeness (QED) is 0.168. The molecule has 0 aliphatic carbocycles. The lowest BCUT2D eigenvalue weighted by molar-refractivity contribution is 0.669. The van der Waals surface area contributed by atoms with E-state index in [0.29, 0.717) is 0 Å². The number of hydrogen-bond acceptors (Lipinski definition) is 5. The first-order valence-electron chi connectivity index (χ1n) is 19.2. The molecule has 57 heavy (non-hydrogen) atoms. The third kappa shape index (κ3) is 5.03. The second-order valence-corrected chi connectivity index (χ2v) is 16.6. The maximum absolute atomic E-state index is 6.85. The molecule has 0 atom stereocenters. The minimum absolute atomic E-state index is 0.844. The van der Waals surface area contributed by atoms with E-state index >= 15 is 0 Å². The summed E-state index contributed by atoms with van der Waals surface area (Å²) in [5.41, 5.74) is 8.17. The van der Waals surface area contributed by atoms with E-state index in [2.05, 4.69) is 204 Å². The first-order valence-corrected chi connectivity index (χ1v) is 20.8. The monoisotopic (exact) mass is 764 g/mol.